The van der Waals surface area contributed by atoms with Gasteiger partial charge in [-0.25, -0.2) is 4.39 Å². The van der Waals surface area contributed by atoms with E-state index >= 15 is 0 Å². The molecule has 3 atom stereocenters. The predicted octanol–water partition coefficient (Wildman–Crippen LogP) is 2.48. The zero-order valence-corrected chi connectivity index (χ0v) is 12.9. The molecule has 3 rings (SSSR count). The number of nitrogens with zero attached hydrogens (tertiary/aromatic N) is 1. The van der Waals surface area contributed by atoms with Gasteiger partial charge in [0, 0.05) is 17.5 Å². The standard InChI is InChI=1S/C16H19ClFNO3/c17-10-4-5-11(13(18)8-10)16(21)19-6-7-22-9-14(19)12-2-1-3-15(12)20/h4-5,8,12,14-15,20H,1-3,6-7,9H2/t12-,14+,15-/m0/s1. The van der Waals surface area contributed by atoms with Gasteiger partial charge in [-0.3, -0.25) is 4.79 Å². The average Bonchev–Trinajstić information content (AvgIpc) is 2.93. The van der Waals surface area contributed by atoms with E-state index in [1.807, 2.05) is 0 Å². The monoisotopic (exact) mass is 327 g/mol. The Kier molecular flexibility index (Phi) is 4.66. The van der Waals surface area contributed by atoms with Gasteiger partial charge in [-0.15, -0.1) is 0 Å². The molecule has 1 N–H and O–H groups in total. The van der Waals surface area contributed by atoms with E-state index in [4.69, 9.17) is 16.3 Å². The minimum Gasteiger partial charge on any atom is -0.393 e. The number of aliphatic hydroxyl groups is 1. The first-order valence-corrected chi connectivity index (χ1v) is 7.97. The summed E-state index contributed by atoms with van der Waals surface area (Å²) < 4.78 is 19.5. The van der Waals surface area contributed by atoms with Gasteiger partial charge in [0.2, 0.25) is 0 Å². The normalized spacial score (nSPS) is 28.9. The van der Waals surface area contributed by atoms with Crippen molar-refractivity contribution in [3.05, 3.63) is 34.6 Å². The van der Waals surface area contributed by atoms with Crippen LogP contribution in [0.15, 0.2) is 18.2 Å². The maximum atomic E-state index is 14.0. The molecule has 1 saturated carbocycles. The lowest BCUT2D eigenvalue weighted by Gasteiger charge is -2.40. The number of hydrogen-bond donors (Lipinski definition) is 1. The van der Waals surface area contributed by atoms with Crippen LogP contribution in [0.2, 0.25) is 5.02 Å². The predicted molar refractivity (Wildman–Crippen MR) is 80.4 cm³/mol. The molecular weight excluding hydrogens is 309 g/mol. The Bertz CT molecular complexity index is 568. The van der Waals surface area contributed by atoms with E-state index < -0.39 is 11.9 Å². The molecule has 120 valence electrons. The molecule has 1 aliphatic carbocycles. The Morgan fingerprint density at radius 2 is 2.23 bits per heavy atom. The van der Waals surface area contributed by atoms with Crippen molar-refractivity contribution in [3.8, 4) is 0 Å². The molecule has 2 aliphatic rings. The Morgan fingerprint density at radius 1 is 1.41 bits per heavy atom. The van der Waals surface area contributed by atoms with Gasteiger partial charge in [0.15, 0.2) is 0 Å². The average molecular weight is 328 g/mol. The Labute approximate surface area is 133 Å². The number of carbonyl (C=O) groups is 1. The van der Waals surface area contributed by atoms with Crippen LogP contribution in [0.4, 0.5) is 4.39 Å². The van der Waals surface area contributed by atoms with Crippen LogP contribution in [-0.2, 0) is 4.74 Å². The Morgan fingerprint density at radius 3 is 2.91 bits per heavy atom. The number of carbonyl (C=O) groups excluding carboxylic acids is 1. The molecule has 2 fully saturated rings. The van der Waals surface area contributed by atoms with Crippen LogP contribution in [0.5, 0.6) is 0 Å². The minimum absolute atomic E-state index is 0.000360. The summed E-state index contributed by atoms with van der Waals surface area (Å²) in [7, 11) is 0. The van der Waals surface area contributed by atoms with E-state index in [1.54, 1.807) is 4.90 Å². The lowest BCUT2D eigenvalue weighted by Crippen LogP contribution is -2.53. The van der Waals surface area contributed by atoms with Crippen LogP contribution >= 0.6 is 11.6 Å². The van der Waals surface area contributed by atoms with Gasteiger partial charge in [0.05, 0.1) is 30.9 Å². The van der Waals surface area contributed by atoms with E-state index in [9.17, 15) is 14.3 Å². The molecule has 0 spiro atoms. The molecule has 1 aromatic carbocycles. The Balaban J connectivity index is 1.85. The maximum absolute atomic E-state index is 14.0. The minimum atomic E-state index is -0.616. The third-order valence-electron chi connectivity index (χ3n) is 4.61. The topological polar surface area (TPSA) is 49.8 Å². The number of hydrogen-bond acceptors (Lipinski definition) is 3. The van der Waals surface area contributed by atoms with Gasteiger partial charge in [-0.05, 0) is 31.0 Å². The van der Waals surface area contributed by atoms with Crippen LogP contribution in [0.3, 0.4) is 0 Å². The molecule has 1 saturated heterocycles. The van der Waals surface area contributed by atoms with Crippen molar-refractivity contribution in [2.45, 2.75) is 31.4 Å². The second-order valence-corrected chi connectivity index (χ2v) is 6.36. The highest BCUT2D eigenvalue weighted by molar-refractivity contribution is 6.30. The van der Waals surface area contributed by atoms with Crippen molar-refractivity contribution < 1.29 is 19.0 Å². The first-order valence-electron chi connectivity index (χ1n) is 7.60. The third kappa shape index (κ3) is 2.98. The highest BCUT2D eigenvalue weighted by atomic mass is 35.5. The summed E-state index contributed by atoms with van der Waals surface area (Å²) in [5.41, 5.74) is 0.0174. The van der Waals surface area contributed by atoms with E-state index in [2.05, 4.69) is 0 Å². The summed E-state index contributed by atoms with van der Waals surface area (Å²) in [5, 5.41) is 10.4. The van der Waals surface area contributed by atoms with Crippen molar-refractivity contribution >= 4 is 17.5 Å². The number of benzene rings is 1. The number of aliphatic hydroxyl groups excluding tert-OH is 1. The number of amides is 1. The molecule has 1 aliphatic heterocycles. The van der Waals surface area contributed by atoms with E-state index in [-0.39, 0.29) is 28.5 Å². The largest absolute Gasteiger partial charge is 0.393 e. The van der Waals surface area contributed by atoms with Crippen molar-refractivity contribution in [1.82, 2.24) is 4.90 Å². The molecular formula is C16H19ClFNO3. The van der Waals surface area contributed by atoms with E-state index in [0.29, 0.717) is 19.8 Å². The van der Waals surface area contributed by atoms with Gasteiger partial charge in [0.1, 0.15) is 5.82 Å². The van der Waals surface area contributed by atoms with Gasteiger partial charge in [0.25, 0.3) is 5.91 Å². The molecule has 4 nitrogen and oxygen atoms in total. The summed E-state index contributed by atoms with van der Waals surface area (Å²) >= 11 is 5.74. The first kappa shape index (κ1) is 15.7. The van der Waals surface area contributed by atoms with Crippen molar-refractivity contribution in [1.29, 1.82) is 0 Å². The molecule has 0 unspecified atom stereocenters. The van der Waals surface area contributed by atoms with E-state index in [1.165, 1.54) is 12.1 Å². The zero-order chi connectivity index (χ0) is 15.7. The molecule has 1 aromatic rings. The van der Waals surface area contributed by atoms with Gasteiger partial charge >= 0.3 is 0 Å². The van der Waals surface area contributed by atoms with Crippen LogP contribution < -0.4 is 0 Å². The van der Waals surface area contributed by atoms with Crippen LogP contribution in [0.25, 0.3) is 0 Å². The fourth-order valence-corrected chi connectivity index (χ4v) is 3.62. The van der Waals surface area contributed by atoms with Crippen molar-refractivity contribution in [2.24, 2.45) is 5.92 Å². The lowest BCUT2D eigenvalue weighted by molar-refractivity contribution is -0.0385. The highest BCUT2D eigenvalue weighted by Crippen LogP contribution is 2.33. The molecule has 22 heavy (non-hydrogen) atoms. The maximum Gasteiger partial charge on any atom is 0.257 e. The zero-order valence-electron chi connectivity index (χ0n) is 12.2. The van der Waals surface area contributed by atoms with Crippen molar-refractivity contribution in [3.63, 3.8) is 0 Å². The van der Waals surface area contributed by atoms with Gasteiger partial charge in [-0.2, -0.15) is 0 Å². The third-order valence-corrected chi connectivity index (χ3v) is 4.85. The number of halogens is 2. The highest BCUT2D eigenvalue weighted by Gasteiger charge is 2.40. The summed E-state index contributed by atoms with van der Waals surface area (Å²) in [4.78, 5) is 14.4. The SMILES string of the molecule is O=C(c1ccc(Cl)cc1F)N1CCOC[C@@H]1[C@@H]1CCC[C@@H]1O. The fourth-order valence-electron chi connectivity index (χ4n) is 3.47. The number of morpholine rings is 1. The molecule has 1 heterocycles. The fraction of sp³-hybridized carbons (Fsp3) is 0.562. The van der Waals surface area contributed by atoms with Gasteiger partial charge < -0.3 is 14.7 Å². The smallest absolute Gasteiger partial charge is 0.257 e. The summed E-state index contributed by atoms with van der Waals surface area (Å²) in [6, 6.07) is 3.87. The van der Waals surface area contributed by atoms with Crippen LogP contribution in [0.1, 0.15) is 29.6 Å². The molecule has 0 bridgehead atoms. The Hall–Kier alpha value is -1.17. The molecule has 6 heteroatoms. The second kappa shape index (κ2) is 6.52. The quantitative estimate of drug-likeness (QED) is 0.908. The van der Waals surface area contributed by atoms with Crippen LogP contribution in [-0.4, -0.2) is 47.8 Å². The lowest BCUT2D eigenvalue weighted by atomic mass is 9.93. The number of rotatable bonds is 2. The summed E-state index contributed by atoms with van der Waals surface area (Å²) in [5.74, 6) is -0.976. The van der Waals surface area contributed by atoms with Crippen LogP contribution in [0, 0.1) is 11.7 Å². The second-order valence-electron chi connectivity index (χ2n) is 5.93. The molecule has 0 aromatic heterocycles. The molecule has 0 radical (unpaired) electrons. The molecule has 1 amide bonds. The number of ether oxygens (including phenoxy) is 1. The summed E-state index contributed by atoms with van der Waals surface area (Å²) in [6.07, 6.45) is 2.14. The van der Waals surface area contributed by atoms with Crippen molar-refractivity contribution in [2.75, 3.05) is 19.8 Å². The summed E-state index contributed by atoms with van der Waals surface area (Å²) in [6.45, 7) is 1.23. The van der Waals surface area contributed by atoms with E-state index in [0.717, 1.165) is 25.3 Å². The first-order chi connectivity index (χ1) is 10.6. The van der Waals surface area contributed by atoms with Gasteiger partial charge in [-0.1, -0.05) is 18.0 Å².